The molecule has 0 fully saturated rings. The first-order valence-electron chi connectivity index (χ1n) is 11.4. The van der Waals surface area contributed by atoms with Gasteiger partial charge >= 0.3 is 12.1 Å². The highest BCUT2D eigenvalue weighted by Crippen LogP contribution is 2.25. The predicted molar refractivity (Wildman–Crippen MR) is 132 cm³/mol. The molecule has 7 nitrogen and oxygen atoms in total. The van der Waals surface area contributed by atoms with Crippen molar-refractivity contribution in [3.8, 4) is 17.2 Å². The fraction of sp³-hybridized carbons (Fsp3) is 0.286. The highest BCUT2D eigenvalue weighted by atomic mass is 19.1. The zero-order chi connectivity index (χ0) is 26.1. The van der Waals surface area contributed by atoms with Gasteiger partial charge in [-0.05, 0) is 80.4 Å². The fourth-order valence-electron chi connectivity index (χ4n) is 3.25. The van der Waals surface area contributed by atoms with Crippen molar-refractivity contribution in [2.24, 2.45) is 0 Å². The number of hydrogen-bond donors (Lipinski definition) is 1. The molecule has 0 aliphatic heterocycles. The number of esters is 1. The summed E-state index contributed by atoms with van der Waals surface area (Å²) in [6, 6.07) is 19.6. The van der Waals surface area contributed by atoms with Crippen LogP contribution in [0.2, 0.25) is 0 Å². The predicted octanol–water partition coefficient (Wildman–Crippen LogP) is 6.33. The van der Waals surface area contributed by atoms with E-state index < -0.39 is 23.7 Å². The van der Waals surface area contributed by atoms with E-state index in [1.807, 2.05) is 18.2 Å². The van der Waals surface area contributed by atoms with Crippen LogP contribution in [0.3, 0.4) is 0 Å². The summed E-state index contributed by atoms with van der Waals surface area (Å²) >= 11 is 0. The number of rotatable bonds is 9. The maximum absolute atomic E-state index is 13.1. The molecule has 1 N–H and O–H groups in total. The van der Waals surface area contributed by atoms with E-state index in [9.17, 15) is 14.0 Å². The van der Waals surface area contributed by atoms with Gasteiger partial charge in [0.1, 0.15) is 35.3 Å². The van der Waals surface area contributed by atoms with Gasteiger partial charge in [0, 0.05) is 0 Å². The van der Waals surface area contributed by atoms with Crippen molar-refractivity contribution in [2.45, 2.75) is 45.4 Å². The highest BCUT2D eigenvalue weighted by molar-refractivity contribution is 5.73. The van der Waals surface area contributed by atoms with E-state index in [1.165, 1.54) is 19.2 Å². The quantitative estimate of drug-likeness (QED) is 0.350. The summed E-state index contributed by atoms with van der Waals surface area (Å²) in [5.74, 6) is 0.966. The molecule has 0 bridgehead atoms. The van der Waals surface area contributed by atoms with Gasteiger partial charge in [-0.25, -0.2) is 9.18 Å². The van der Waals surface area contributed by atoms with Gasteiger partial charge in [0.05, 0.1) is 19.6 Å². The van der Waals surface area contributed by atoms with Crippen LogP contribution >= 0.6 is 0 Å². The van der Waals surface area contributed by atoms with Gasteiger partial charge in [-0.1, -0.05) is 24.3 Å². The number of hydrogen-bond acceptors (Lipinski definition) is 6. The van der Waals surface area contributed by atoms with Crippen LogP contribution in [0.5, 0.6) is 17.2 Å². The molecule has 3 rings (SSSR count). The van der Waals surface area contributed by atoms with Crippen LogP contribution in [-0.4, -0.2) is 24.8 Å². The molecule has 190 valence electrons. The smallest absolute Gasteiger partial charge is 0.408 e. The number of carbonyl (C=O) groups excluding carboxylic acids is 2. The second-order valence-corrected chi connectivity index (χ2v) is 9.04. The Hall–Kier alpha value is -4.07. The van der Waals surface area contributed by atoms with Crippen LogP contribution in [0.15, 0.2) is 72.8 Å². The molecule has 36 heavy (non-hydrogen) atoms. The van der Waals surface area contributed by atoms with E-state index in [-0.39, 0.29) is 12.2 Å². The van der Waals surface area contributed by atoms with Crippen molar-refractivity contribution in [3.05, 3.63) is 89.7 Å². The topological polar surface area (TPSA) is 83.1 Å². The van der Waals surface area contributed by atoms with E-state index in [0.717, 1.165) is 5.56 Å². The third-order valence-electron chi connectivity index (χ3n) is 4.93. The van der Waals surface area contributed by atoms with Gasteiger partial charge in [-0.2, -0.15) is 0 Å². The molecule has 0 aliphatic rings. The Labute approximate surface area is 210 Å². The van der Waals surface area contributed by atoms with E-state index >= 15 is 0 Å². The number of halogens is 1. The van der Waals surface area contributed by atoms with Crippen LogP contribution in [0.1, 0.15) is 44.4 Å². The molecule has 0 saturated heterocycles. The summed E-state index contributed by atoms with van der Waals surface area (Å²) in [6.07, 6.45) is -0.670. The second kappa shape index (κ2) is 12.1. The molecule has 0 radical (unpaired) electrons. The van der Waals surface area contributed by atoms with Crippen molar-refractivity contribution in [1.82, 2.24) is 5.32 Å². The highest BCUT2D eigenvalue weighted by Gasteiger charge is 2.23. The monoisotopic (exact) mass is 495 g/mol. The summed E-state index contributed by atoms with van der Waals surface area (Å²) in [4.78, 5) is 24.1. The summed E-state index contributed by atoms with van der Waals surface area (Å²) in [5.41, 5.74) is 0.918. The minimum atomic E-state index is -0.668. The number of alkyl carbamates (subject to hydrolysis) is 1. The molecule has 0 aromatic heterocycles. The Morgan fingerprint density at radius 3 is 2.22 bits per heavy atom. The lowest BCUT2D eigenvalue weighted by molar-refractivity contribution is -0.141. The molecule has 0 spiro atoms. The van der Waals surface area contributed by atoms with Crippen molar-refractivity contribution < 1.29 is 32.9 Å². The minimum absolute atomic E-state index is 0.0448. The van der Waals surface area contributed by atoms with E-state index in [2.05, 4.69) is 5.32 Å². The number of amides is 1. The van der Waals surface area contributed by atoms with Gasteiger partial charge in [-0.15, -0.1) is 0 Å². The van der Waals surface area contributed by atoms with Crippen LogP contribution in [0.4, 0.5) is 9.18 Å². The van der Waals surface area contributed by atoms with E-state index in [4.69, 9.17) is 18.9 Å². The molecule has 0 heterocycles. The van der Waals surface area contributed by atoms with E-state index in [0.29, 0.717) is 29.4 Å². The molecule has 8 heteroatoms. The first kappa shape index (κ1) is 26.5. The van der Waals surface area contributed by atoms with Gasteiger partial charge in [0.15, 0.2) is 0 Å². The standard InChI is InChI=1S/C28H30FNO6/c1-28(2,3)36-27(32)30-25(17-26(31)33-4)20-8-12-22(13-9-20)34-18-19-6-5-7-24(16-19)35-23-14-10-21(29)11-15-23/h5-16,25H,17-18H2,1-4H3,(H,30,32)/t25-/m0/s1. The van der Waals surface area contributed by atoms with Gasteiger partial charge < -0.3 is 24.3 Å². The Balaban J connectivity index is 1.62. The zero-order valence-corrected chi connectivity index (χ0v) is 20.7. The second-order valence-electron chi connectivity index (χ2n) is 9.04. The van der Waals surface area contributed by atoms with Gasteiger partial charge in [0.25, 0.3) is 0 Å². The van der Waals surface area contributed by atoms with Crippen LogP contribution in [-0.2, 0) is 20.9 Å². The average molecular weight is 496 g/mol. The third-order valence-corrected chi connectivity index (χ3v) is 4.93. The lowest BCUT2D eigenvalue weighted by atomic mass is 10.0. The summed E-state index contributed by atoms with van der Waals surface area (Å²) in [7, 11) is 1.30. The normalized spacial score (nSPS) is 11.8. The number of benzene rings is 3. The SMILES string of the molecule is COC(=O)C[C@H](NC(=O)OC(C)(C)C)c1ccc(OCc2cccc(Oc3ccc(F)cc3)c2)cc1. The minimum Gasteiger partial charge on any atom is -0.489 e. The number of methoxy groups -OCH3 is 1. The van der Waals surface area contributed by atoms with Gasteiger partial charge in [-0.3, -0.25) is 4.79 Å². The van der Waals surface area contributed by atoms with Crippen molar-refractivity contribution in [3.63, 3.8) is 0 Å². The lowest BCUT2D eigenvalue weighted by Gasteiger charge is -2.23. The Morgan fingerprint density at radius 2 is 1.58 bits per heavy atom. The maximum Gasteiger partial charge on any atom is 0.408 e. The largest absolute Gasteiger partial charge is 0.489 e. The van der Waals surface area contributed by atoms with Crippen molar-refractivity contribution >= 4 is 12.1 Å². The molecule has 0 unspecified atom stereocenters. The van der Waals surface area contributed by atoms with Gasteiger partial charge in [0.2, 0.25) is 0 Å². The van der Waals surface area contributed by atoms with Crippen molar-refractivity contribution in [1.29, 1.82) is 0 Å². The lowest BCUT2D eigenvalue weighted by Crippen LogP contribution is -2.35. The zero-order valence-electron chi connectivity index (χ0n) is 20.7. The summed E-state index contributed by atoms with van der Waals surface area (Å²) in [5, 5.41) is 2.72. The molecule has 3 aromatic carbocycles. The third kappa shape index (κ3) is 8.61. The molecule has 0 aliphatic carbocycles. The Morgan fingerprint density at radius 1 is 0.917 bits per heavy atom. The summed E-state index contributed by atoms with van der Waals surface area (Å²) in [6.45, 7) is 5.58. The molecule has 0 saturated carbocycles. The van der Waals surface area contributed by atoms with Crippen LogP contribution in [0.25, 0.3) is 0 Å². The molecule has 1 amide bonds. The number of nitrogens with one attached hydrogen (secondary N) is 1. The van der Waals surface area contributed by atoms with Crippen molar-refractivity contribution in [2.75, 3.05) is 7.11 Å². The average Bonchev–Trinajstić information content (AvgIpc) is 2.83. The first-order chi connectivity index (χ1) is 17.1. The van der Waals surface area contributed by atoms with Crippen LogP contribution in [0, 0.1) is 5.82 Å². The molecule has 1 atom stereocenters. The van der Waals surface area contributed by atoms with Crippen LogP contribution < -0.4 is 14.8 Å². The maximum atomic E-state index is 13.1. The fourth-order valence-corrected chi connectivity index (χ4v) is 3.25. The summed E-state index contributed by atoms with van der Waals surface area (Å²) < 4.78 is 34.8. The molecular weight excluding hydrogens is 465 g/mol. The molecule has 3 aromatic rings. The number of ether oxygens (including phenoxy) is 4. The first-order valence-corrected chi connectivity index (χ1v) is 11.4. The molecular formula is C28H30FNO6. The van der Waals surface area contributed by atoms with E-state index in [1.54, 1.807) is 63.2 Å². The number of carbonyl (C=O) groups is 2. The Bertz CT molecular complexity index is 1160. The Kier molecular flexibility index (Phi) is 8.89.